The van der Waals surface area contributed by atoms with Crippen LogP contribution in [0.3, 0.4) is 0 Å². The fourth-order valence-corrected chi connectivity index (χ4v) is 1.01. The van der Waals surface area contributed by atoms with E-state index in [1.54, 1.807) is 0 Å². The van der Waals surface area contributed by atoms with E-state index in [1.807, 2.05) is 6.92 Å². The average Bonchev–Trinajstić information content (AvgIpc) is 2.42. The number of nitrogens with zero attached hydrogens (tertiary/aromatic N) is 1. The normalized spacial score (nSPS) is 13.8. The molecule has 1 nitrogen and oxygen atoms in total. The lowest BCUT2D eigenvalue weighted by Gasteiger charge is -2.00. The van der Waals surface area contributed by atoms with Crippen molar-refractivity contribution in [3.05, 3.63) is 47.1 Å². The molecule has 0 saturated carbocycles. The Bertz CT molecular complexity index is 328. The lowest BCUT2D eigenvalue weighted by Crippen LogP contribution is -2.08. The first-order chi connectivity index (χ1) is 8.92. The highest BCUT2D eigenvalue weighted by Crippen LogP contribution is 2.12. The maximum Gasteiger partial charge on any atom is -0.00533 e. The lowest BCUT2D eigenvalue weighted by atomic mass is 10.1. The summed E-state index contributed by atoms with van der Waals surface area (Å²) in [5.74, 6) is 0. The Hall–Kier alpha value is -1.08. The summed E-state index contributed by atoms with van der Waals surface area (Å²) in [6.45, 7) is 13.9. The molecule has 0 spiro atoms. The van der Waals surface area contributed by atoms with Gasteiger partial charge in [-0.05, 0) is 65.9 Å². The smallest absolute Gasteiger partial charge is 0.00533 e. The van der Waals surface area contributed by atoms with Crippen molar-refractivity contribution < 1.29 is 0 Å². The van der Waals surface area contributed by atoms with E-state index < -0.39 is 0 Å². The molecule has 0 radical (unpaired) electrons. The SMILES string of the molecule is C/C=C/C(=C\C=C(/C)CC)C(/C)=C/C.CCN(C)C. The summed E-state index contributed by atoms with van der Waals surface area (Å²) in [6.07, 6.45) is 11.9. The van der Waals surface area contributed by atoms with Gasteiger partial charge in [0.1, 0.15) is 0 Å². The zero-order valence-electron chi connectivity index (χ0n) is 14.2. The van der Waals surface area contributed by atoms with Crippen molar-refractivity contribution in [1.82, 2.24) is 4.90 Å². The van der Waals surface area contributed by atoms with Crippen molar-refractivity contribution in [1.29, 1.82) is 0 Å². The molecule has 0 aliphatic heterocycles. The quantitative estimate of drug-likeness (QED) is 0.602. The topological polar surface area (TPSA) is 3.24 Å². The standard InChI is InChI=1S/C14H22.C4H11N/c1-6-9-14(13(5)8-3)11-10-12(4)7-2;1-4-5(2)3/h6,8-11H,7H2,1-5H3;4H2,1-3H3/b9-6+,12-10+,13-8+,14-11+;. The molecule has 0 unspecified atom stereocenters. The van der Waals surface area contributed by atoms with Gasteiger partial charge < -0.3 is 4.90 Å². The zero-order chi connectivity index (χ0) is 15.3. The van der Waals surface area contributed by atoms with E-state index >= 15 is 0 Å². The van der Waals surface area contributed by atoms with Crippen molar-refractivity contribution >= 4 is 0 Å². The van der Waals surface area contributed by atoms with E-state index in [0.29, 0.717) is 0 Å². The fraction of sp³-hybridized carbons (Fsp3) is 0.556. The molecule has 0 amide bonds. The van der Waals surface area contributed by atoms with Crippen LogP contribution in [0, 0.1) is 0 Å². The highest BCUT2D eigenvalue weighted by atomic mass is 15.0. The maximum absolute atomic E-state index is 2.20. The molecule has 1 heteroatoms. The maximum atomic E-state index is 2.20. The molecule has 0 atom stereocenters. The first kappa shape index (κ1) is 20.2. The zero-order valence-corrected chi connectivity index (χ0v) is 14.2. The van der Waals surface area contributed by atoms with Crippen LogP contribution in [-0.2, 0) is 0 Å². The van der Waals surface area contributed by atoms with Crippen LogP contribution in [0.25, 0.3) is 0 Å². The first-order valence-corrected chi connectivity index (χ1v) is 7.20. The number of hydrogen-bond acceptors (Lipinski definition) is 1. The van der Waals surface area contributed by atoms with Crippen LogP contribution in [0.5, 0.6) is 0 Å². The molecule has 0 bridgehead atoms. The summed E-state index contributed by atoms with van der Waals surface area (Å²) in [5, 5.41) is 0. The monoisotopic (exact) mass is 263 g/mol. The van der Waals surface area contributed by atoms with Crippen LogP contribution in [0.15, 0.2) is 47.1 Å². The summed E-state index contributed by atoms with van der Waals surface area (Å²) < 4.78 is 0. The summed E-state index contributed by atoms with van der Waals surface area (Å²) in [6, 6.07) is 0. The molecule has 0 rings (SSSR count). The summed E-state index contributed by atoms with van der Waals surface area (Å²) in [7, 11) is 4.11. The number of allylic oxidation sites excluding steroid dienone is 8. The van der Waals surface area contributed by atoms with Gasteiger partial charge in [-0.1, -0.05) is 49.8 Å². The Labute approximate surface area is 121 Å². The van der Waals surface area contributed by atoms with Gasteiger partial charge in [0.05, 0.1) is 0 Å². The van der Waals surface area contributed by atoms with Crippen LogP contribution >= 0.6 is 0 Å². The predicted octanol–water partition coefficient (Wildman–Crippen LogP) is 5.38. The Balaban J connectivity index is 0. The van der Waals surface area contributed by atoms with Crippen LogP contribution in [0.4, 0.5) is 0 Å². The third kappa shape index (κ3) is 13.2. The number of hydrogen-bond donors (Lipinski definition) is 0. The molecule has 0 heterocycles. The van der Waals surface area contributed by atoms with Crippen LogP contribution < -0.4 is 0 Å². The summed E-state index contributed by atoms with van der Waals surface area (Å²) in [5.41, 5.74) is 4.03. The van der Waals surface area contributed by atoms with Crippen molar-refractivity contribution in [2.24, 2.45) is 0 Å². The molecule has 110 valence electrons. The minimum Gasteiger partial charge on any atom is -0.310 e. The van der Waals surface area contributed by atoms with Crippen LogP contribution in [0.2, 0.25) is 0 Å². The highest BCUT2D eigenvalue weighted by molar-refractivity contribution is 5.40. The van der Waals surface area contributed by atoms with Crippen LogP contribution in [0.1, 0.15) is 48.0 Å². The van der Waals surface area contributed by atoms with E-state index in [1.165, 1.54) is 16.7 Å². The average molecular weight is 263 g/mol. The lowest BCUT2D eigenvalue weighted by molar-refractivity contribution is 0.434. The minimum atomic E-state index is 1.12. The second-order valence-corrected chi connectivity index (χ2v) is 4.86. The largest absolute Gasteiger partial charge is 0.310 e. The van der Waals surface area contributed by atoms with Crippen molar-refractivity contribution in [3.63, 3.8) is 0 Å². The van der Waals surface area contributed by atoms with Gasteiger partial charge in [-0.2, -0.15) is 0 Å². The molecule has 19 heavy (non-hydrogen) atoms. The number of rotatable bonds is 5. The molecular weight excluding hydrogens is 230 g/mol. The Morgan fingerprint density at radius 2 is 1.53 bits per heavy atom. The Morgan fingerprint density at radius 3 is 1.84 bits per heavy atom. The van der Waals surface area contributed by atoms with Gasteiger partial charge in [-0.25, -0.2) is 0 Å². The van der Waals surface area contributed by atoms with E-state index in [0.717, 1.165) is 13.0 Å². The van der Waals surface area contributed by atoms with Gasteiger partial charge in [0.25, 0.3) is 0 Å². The van der Waals surface area contributed by atoms with Crippen molar-refractivity contribution in [3.8, 4) is 0 Å². The van der Waals surface area contributed by atoms with Gasteiger partial charge in [0, 0.05) is 0 Å². The fourth-order valence-electron chi connectivity index (χ4n) is 1.01. The summed E-state index contributed by atoms with van der Waals surface area (Å²) in [4.78, 5) is 2.12. The molecule has 0 fully saturated rings. The molecule has 0 aliphatic carbocycles. The van der Waals surface area contributed by atoms with Crippen molar-refractivity contribution in [2.75, 3.05) is 20.6 Å². The van der Waals surface area contributed by atoms with Gasteiger partial charge in [0.2, 0.25) is 0 Å². The van der Waals surface area contributed by atoms with Crippen molar-refractivity contribution in [2.45, 2.75) is 48.0 Å². The third-order valence-corrected chi connectivity index (χ3v) is 2.97. The predicted molar refractivity (Wildman–Crippen MR) is 90.6 cm³/mol. The Kier molecular flexibility index (Phi) is 14.2. The van der Waals surface area contributed by atoms with E-state index in [2.05, 4.69) is 84.0 Å². The van der Waals surface area contributed by atoms with E-state index in [-0.39, 0.29) is 0 Å². The van der Waals surface area contributed by atoms with Gasteiger partial charge in [-0.3, -0.25) is 0 Å². The second-order valence-electron chi connectivity index (χ2n) is 4.86. The highest BCUT2D eigenvalue weighted by Gasteiger charge is 1.92. The van der Waals surface area contributed by atoms with Gasteiger partial charge in [0.15, 0.2) is 0 Å². The molecule has 0 aliphatic rings. The molecule has 0 saturated heterocycles. The van der Waals surface area contributed by atoms with Crippen LogP contribution in [-0.4, -0.2) is 25.5 Å². The second kappa shape index (κ2) is 13.4. The van der Waals surface area contributed by atoms with E-state index in [9.17, 15) is 0 Å². The van der Waals surface area contributed by atoms with Gasteiger partial charge in [-0.15, -0.1) is 0 Å². The minimum absolute atomic E-state index is 1.12. The Morgan fingerprint density at radius 1 is 1.00 bits per heavy atom. The summed E-state index contributed by atoms with van der Waals surface area (Å²) >= 11 is 0. The molecular formula is C18H33N. The van der Waals surface area contributed by atoms with Gasteiger partial charge >= 0.3 is 0 Å². The third-order valence-electron chi connectivity index (χ3n) is 2.97. The molecule has 0 aromatic carbocycles. The van der Waals surface area contributed by atoms with E-state index in [4.69, 9.17) is 0 Å². The first-order valence-electron chi connectivity index (χ1n) is 7.20. The molecule has 0 aromatic heterocycles. The molecule has 0 aromatic rings. The molecule has 0 N–H and O–H groups in total.